The van der Waals surface area contributed by atoms with Gasteiger partial charge in [0, 0.05) is 11.8 Å². The molecule has 0 amide bonds. The molecule has 0 saturated carbocycles. The van der Waals surface area contributed by atoms with Crippen molar-refractivity contribution in [2.75, 3.05) is 5.73 Å². The van der Waals surface area contributed by atoms with Crippen LogP contribution in [0.3, 0.4) is 0 Å². The van der Waals surface area contributed by atoms with E-state index in [-0.39, 0.29) is 5.82 Å². The van der Waals surface area contributed by atoms with Crippen LogP contribution in [0.25, 0.3) is 11.4 Å². The monoisotopic (exact) mass is 240 g/mol. The third kappa shape index (κ3) is 2.49. The fourth-order valence-electron chi connectivity index (χ4n) is 1.18. The number of halogens is 3. The first-order valence-electron chi connectivity index (χ1n) is 4.58. The largest absolute Gasteiger partial charge is 0.433 e. The summed E-state index contributed by atoms with van der Waals surface area (Å²) in [5.41, 5.74) is 5.23. The summed E-state index contributed by atoms with van der Waals surface area (Å²) in [5.74, 6) is 0.278. The standard InChI is InChI=1S/C10H7F3N4/c11-10(12,13)8-2-1-6(3-15-8)9-16-4-7(14)5-17-9/h1-5H,14H2. The van der Waals surface area contributed by atoms with E-state index in [1.54, 1.807) is 0 Å². The number of hydrogen-bond acceptors (Lipinski definition) is 4. The Morgan fingerprint density at radius 3 is 2.06 bits per heavy atom. The van der Waals surface area contributed by atoms with Gasteiger partial charge in [0.25, 0.3) is 0 Å². The minimum Gasteiger partial charge on any atom is -0.396 e. The predicted molar refractivity (Wildman–Crippen MR) is 54.7 cm³/mol. The van der Waals surface area contributed by atoms with Crippen LogP contribution in [0.5, 0.6) is 0 Å². The van der Waals surface area contributed by atoms with Crippen LogP contribution >= 0.6 is 0 Å². The first-order valence-corrected chi connectivity index (χ1v) is 4.58. The lowest BCUT2D eigenvalue weighted by atomic mass is 10.2. The molecule has 0 aliphatic rings. The van der Waals surface area contributed by atoms with Gasteiger partial charge in [0.15, 0.2) is 5.82 Å². The van der Waals surface area contributed by atoms with E-state index in [1.165, 1.54) is 18.5 Å². The second-order valence-electron chi connectivity index (χ2n) is 3.27. The third-order valence-electron chi connectivity index (χ3n) is 1.98. The number of pyridine rings is 1. The van der Waals surface area contributed by atoms with Gasteiger partial charge in [-0.2, -0.15) is 13.2 Å². The molecule has 0 aliphatic heterocycles. The molecule has 2 aromatic rings. The Balaban J connectivity index is 2.33. The van der Waals surface area contributed by atoms with Gasteiger partial charge < -0.3 is 5.73 Å². The van der Waals surface area contributed by atoms with E-state index >= 15 is 0 Å². The Morgan fingerprint density at radius 1 is 0.941 bits per heavy atom. The molecule has 0 aliphatic carbocycles. The number of hydrogen-bond donors (Lipinski definition) is 1. The summed E-state index contributed by atoms with van der Waals surface area (Å²) in [6.45, 7) is 0. The Labute approximate surface area is 94.3 Å². The maximum absolute atomic E-state index is 12.3. The summed E-state index contributed by atoms with van der Waals surface area (Å²) in [5, 5.41) is 0. The van der Waals surface area contributed by atoms with Crippen LogP contribution in [0.15, 0.2) is 30.7 Å². The van der Waals surface area contributed by atoms with Crippen LogP contribution in [-0.2, 0) is 6.18 Å². The van der Waals surface area contributed by atoms with Crippen molar-refractivity contribution >= 4 is 5.69 Å². The molecule has 2 heterocycles. The number of rotatable bonds is 1. The molecule has 0 unspecified atom stereocenters. The van der Waals surface area contributed by atoms with Crippen molar-refractivity contribution in [2.45, 2.75) is 6.18 Å². The smallest absolute Gasteiger partial charge is 0.396 e. The highest BCUT2D eigenvalue weighted by Gasteiger charge is 2.32. The minimum atomic E-state index is -4.44. The maximum atomic E-state index is 12.3. The summed E-state index contributed by atoms with van der Waals surface area (Å²) >= 11 is 0. The highest BCUT2D eigenvalue weighted by Crippen LogP contribution is 2.28. The van der Waals surface area contributed by atoms with E-state index in [9.17, 15) is 13.2 Å². The zero-order valence-corrected chi connectivity index (χ0v) is 8.44. The molecule has 0 fully saturated rings. The number of alkyl halides is 3. The zero-order chi connectivity index (χ0) is 12.5. The lowest BCUT2D eigenvalue weighted by Crippen LogP contribution is -2.07. The topological polar surface area (TPSA) is 64.7 Å². The molecule has 4 nitrogen and oxygen atoms in total. The van der Waals surface area contributed by atoms with E-state index in [0.29, 0.717) is 11.3 Å². The van der Waals surface area contributed by atoms with Crippen LogP contribution in [0, 0.1) is 0 Å². The lowest BCUT2D eigenvalue weighted by Gasteiger charge is -2.05. The maximum Gasteiger partial charge on any atom is 0.433 e. The lowest BCUT2D eigenvalue weighted by molar-refractivity contribution is -0.141. The summed E-state index contributed by atoms with van der Waals surface area (Å²) in [7, 11) is 0. The highest BCUT2D eigenvalue weighted by atomic mass is 19.4. The molecule has 0 saturated heterocycles. The molecule has 0 bridgehead atoms. The summed E-state index contributed by atoms with van der Waals surface area (Å²) in [4.78, 5) is 11.1. The van der Waals surface area contributed by atoms with Gasteiger partial charge in [0.1, 0.15) is 5.69 Å². The van der Waals surface area contributed by atoms with Crippen molar-refractivity contribution in [1.82, 2.24) is 15.0 Å². The van der Waals surface area contributed by atoms with Crippen LogP contribution in [0.2, 0.25) is 0 Å². The Bertz CT molecular complexity index is 505. The SMILES string of the molecule is Nc1cnc(-c2ccc(C(F)(F)F)nc2)nc1. The highest BCUT2D eigenvalue weighted by molar-refractivity contribution is 5.54. The Hall–Kier alpha value is -2.18. The Kier molecular flexibility index (Phi) is 2.66. The Morgan fingerprint density at radius 2 is 1.59 bits per heavy atom. The molecule has 2 aromatic heterocycles. The second kappa shape index (κ2) is 4.00. The quantitative estimate of drug-likeness (QED) is 0.829. The van der Waals surface area contributed by atoms with Gasteiger partial charge in [-0.1, -0.05) is 0 Å². The summed E-state index contributed by atoms with van der Waals surface area (Å²) < 4.78 is 36.8. The van der Waals surface area contributed by atoms with Gasteiger partial charge in [-0.3, -0.25) is 4.98 Å². The van der Waals surface area contributed by atoms with Gasteiger partial charge in [-0.25, -0.2) is 9.97 Å². The molecular weight excluding hydrogens is 233 g/mol. The molecule has 0 atom stereocenters. The molecule has 17 heavy (non-hydrogen) atoms. The van der Waals surface area contributed by atoms with Crippen molar-refractivity contribution in [3.63, 3.8) is 0 Å². The first-order chi connectivity index (χ1) is 7.97. The van der Waals surface area contributed by atoms with E-state index < -0.39 is 11.9 Å². The van der Waals surface area contributed by atoms with Crippen molar-refractivity contribution in [3.8, 4) is 11.4 Å². The van der Waals surface area contributed by atoms with Crippen LogP contribution in [0.4, 0.5) is 18.9 Å². The van der Waals surface area contributed by atoms with E-state index in [4.69, 9.17) is 5.73 Å². The van der Waals surface area contributed by atoms with E-state index in [0.717, 1.165) is 12.3 Å². The minimum absolute atomic E-state index is 0.278. The van der Waals surface area contributed by atoms with Crippen LogP contribution < -0.4 is 5.73 Å². The van der Waals surface area contributed by atoms with Gasteiger partial charge in [0.2, 0.25) is 0 Å². The number of anilines is 1. The predicted octanol–water partition coefficient (Wildman–Crippen LogP) is 2.14. The number of nitrogens with two attached hydrogens (primary N) is 1. The van der Waals surface area contributed by atoms with Gasteiger partial charge in [0.05, 0.1) is 18.1 Å². The number of nitrogens with zero attached hydrogens (tertiary/aromatic N) is 3. The zero-order valence-electron chi connectivity index (χ0n) is 8.44. The van der Waals surface area contributed by atoms with Crippen molar-refractivity contribution < 1.29 is 13.2 Å². The molecule has 2 N–H and O–H groups in total. The molecular formula is C10H7F3N4. The molecule has 88 valence electrons. The molecule has 0 spiro atoms. The average Bonchev–Trinajstić information content (AvgIpc) is 2.29. The number of aromatic nitrogens is 3. The van der Waals surface area contributed by atoms with Crippen molar-refractivity contribution in [1.29, 1.82) is 0 Å². The van der Waals surface area contributed by atoms with Crippen molar-refractivity contribution in [2.24, 2.45) is 0 Å². The van der Waals surface area contributed by atoms with Crippen LogP contribution in [-0.4, -0.2) is 15.0 Å². The molecule has 0 aromatic carbocycles. The normalized spacial score (nSPS) is 11.5. The first kappa shape index (κ1) is 11.3. The summed E-state index contributed by atoms with van der Waals surface area (Å²) in [6, 6.07) is 2.15. The van der Waals surface area contributed by atoms with Gasteiger partial charge in [-0.15, -0.1) is 0 Å². The molecule has 0 radical (unpaired) electrons. The number of nitrogen functional groups attached to an aromatic ring is 1. The molecule has 7 heteroatoms. The fraction of sp³-hybridized carbons (Fsp3) is 0.100. The van der Waals surface area contributed by atoms with Crippen LogP contribution in [0.1, 0.15) is 5.69 Å². The molecule has 2 rings (SSSR count). The average molecular weight is 240 g/mol. The van der Waals surface area contributed by atoms with Gasteiger partial charge in [-0.05, 0) is 12.1 Å². The second-order valence-corrected chi connectivity index (χ2v) is 3.27. The summed E-state index contributed by atoms with van der Waals surface area (Å²) in [6.07, 6.45) is -0.616. The third-order valence-corrected chi connectivity index (χ3v) is 1.98. The van der Waals surface area contributed by atoms with Gasteiger partial charge >= 0.3 is 6.18 Å². The van der Waals surface area contributed by atoms with E-state index in [2.05, 4.69) is 15.0 Å². The fourth-order valence-corrected chi connectivity index (χ4v) is 1.18. The van der Waals surface area contributed by atoms with Crippen molar-refractivity contribution in [3.05, 3.63) is 36.4 Å². The van der Waals surface area contributed by atoms with E-state index in [1.807, 2.05) is 0 Å².